The second-order valence-corrected chi connectivity index (χ2v) is 6.45. The maximum absolute atomic E-state index is 11.8. The van der Waals surface area contributed by atoms with E-state index in [1.807, 2.05) is 30.3 Å². The molecule has 0 aromatic heterocycles. The monoisotopic (exact) mass is 363 g/mol. The summed E-state index contributed by atoms with van der Waals surface area (Å²) in [5, 5.41) is 10.9. The van der Waals surface area contributed by atoms with Crippen LogP contribution < -0.4 is 5.32 Å². The van der Waals surface area contributed by atoms with Crippen molar-refractivity contribution >= 4 is 43.7 Å². The van der Waals surface area contributed by atoms with Crippen LogP contribution in [0.3, 0.4) is 0 Å². The first-order valence-corrected chi connectivity index (χ1v) is 6.69. The maximum atomic E-state index is 11.8. The smallest absolute Gasteiger partial charge is 0.405 e. The van der Waals surface area contributed by atoms with E-state index in [4.69, 9.17) is 5.11 Å². The second-order valence-electron chi connectivity index (χ2n) is 3.39. The molecule has 0 aliphatic heterocycles. The van der Waals surface area contributed by atoms with E-state index in [1.165, 1.54) is 0 Å². The molecule has 1 atom stereocenters. The van der Waals surface area contributed by atoms with Crippen molar-refractivity contribution in [3.8, 4) is 0 Å². The molecular formula is C11H11Br2NO3. The Morgan fingerprint density at radius 2 is 1.82 bits per heavy atom. The first-order valence-electron chi connectivity index (χ1n) is 4.86. The summed E-state index contributed by atoms with van der Waals surface area (Å²) in [6, 6.07) is 8.48. The van der Waals surface area contributed by atoms with Crippen LogP contribution in [-0.2, 0) is 11.2 Å². The number of nitrogens with one attached hydrogen (secondary N) is 1. The van der Waals surface area contributed by atoms with E-state index in [2.05, 4.69) is 37.2 Å². The van der Waals surface area contributed by atoms with Crippen molar-refractivity contribution in [1.29, 1.82) is 0 Å². The number of carbonyl (C=O) groups excluding carboxylic acids is 1. The summed E-state index contributed by atoms with van der Waals surface area (Å²) in [6.07, 6.45) is -0.875. The molecule has 0 aliphatic rings. The molecule has 1 amide bonds. The third kappa shape index (κ3) is 4.87. The van der Waals surface area contributed by atoms with Gasteiger partial charge in [-0.3, -0.25) is 4.79 Å². The number of carbonyl (C=O) groups is 2. The molecule has 0 radical (unpaired) electrons. The van der Waals surface area contributed by atoms with E-state index >= 15 is 0 Å². The van der Waals surface area contributed by atoms with E-state index in [0.29, 0.717) is 6.42 Å². The highest BCUT2D eigenvalue weighted by atomic mass is 79.9. The number of ketones is 1. The molecule has 1 aromatic rings. The van der Waals surface area contributed by atoms with Gasteiger partial charge in [0, 0.05) is 0 Å². The number of halogens is 2. The summed E-state index contributed by atoms with van der Waals surface area (Å²) in [6.45, 7) is 0. The first-order chi connectivity index (χ1) is 8.00. The molecule has 92 valence electrons. The quantitative estimate of drug-likeness (QED) is 0.789. The fraction of sp³-hybridized carbons (Fsp3) is 0.273. The lowest BCUT2D eigenvalue weighted by molar-refractivity contribution is -0.118. The first kappa shape index (κ1) is 14.2. The zero-order valence-electron chi connectivity index (χ0n) is 8.77. The molecule has 0 bridgehead atoms. The summed E-state index contributed by atoms with van der Waals surface area (Å²) in [4.78, 5) is 22.4. The van der Waals surface area contributed by atoms with E-state index in [9.17, 15) is 9.59 Å². The molecule has 0 aliphatic carbocycles. The van der Waals surface area contributed by atoms with Gasteiger partial charge in [-0.2, -0.15) is 0 Å². The van der Waals surface area contributed by atoms with Gasteiger partial charge >= 0.3 is 6.09 Å². The van der Waals surface area contributed by atoms with Crippen LogP contribution in [-0.4, -0.2) is 26.8 Å². The zero-order valence-corrected chi connectivity index (χ0v) is 11.9. The molecule has 17 heavy (non-hydrogen) atoms. The minimum atomic E-state index is -1.21. The van der Waals surface area contributed by atoms with Gasteiger partial charge in [0.15, 0.2) is 5.78 Å². The van der Waals surface area contributed by atoms with Gasteiger partial charge in [0.25, 0.3) is 0 Å². The largest absolute Gasteiger partial charge is 0.465 e. The molecule has 1 rings (SSSR count). The van der Waals surface area contributed by atoms with E-state index in [0.717, 1.165) is 5.56 Å². The molecule has 0 saturated heterocycles. The van der Waals surface area contributed by atoms with Crippen LogP contribution in [0.25, 0.3) is 0 Å². The topological polar surface area (TPSA) is 66.4 Å². The molecule has 6 heteroatoms. The summed E-state index contributed by atoms with van der Waals surface area (Å²) in [5.74, 6) is -0.253. The lowest BCUT2D eigenvalue weighted by Gasteiger charge is -2.16. The highest BCUT2D eigenvalue weighted by Crippen LogP contribution is 2.14. The predicted molar refractivity (Wildman–Crippen MR) is 71.7 cm³/mol. The average Bonchev–Trinajstić information content (AvgIpc) is 2.28. The minimum Gasteiger partial charge on any atom is -0.465 e. The second kappa shape index (κ2) is 6.76. The van der Waals surface area contributed by atoms with Crippen molar-refractivity contribution in [1.82, 2.24) is 5.32 Å². The van der Waals surface area contributed by atoms with Crippen molar-refractivity contribution in [2.75, 3.05) is 0 Å². The van der Waals surface area contributed by atoms with Crippen LogP contribution >= 0.6 is 31.9 Å². The van der Waals surface area contributed by atoms with Crippen LogP contribution in [0.5, 0.6) is 0 Å². The van der Waals surface area contributed by atoms with Gasteiger partial charge in [-0.1, -0.05) is 62.2 Å². The molecule has 2 N–H and O–H groups in total. The SMILES string of the molecule is O=C(O)N[C@H](Cc1ccccc1)C(=O)C(Br)Br. The Hall–Kier alpha value is -0.880. The Balaban J connectivity index is 2.77. The highest BCUT2D eigenvalue weighted by Gasteiger charge is 2.25. The zero-order chi connectivity index (χ0) is 12.8. The molecule has 0 heterocycles. The van der Waals surface area contributed by atoms with Crippen molar-refractivity contribution in [3.05, 3.63) is 35.9 Å². The summed E-state index contributed by atoms with van der Waals surface area (Å²) >= 11 is 6.16. The van der Waals surface area contributed by atoms with Crippen LogP contribution in [0.4, 0.5) is 4.79 Å². The summed E-state index contributed by atoms with van der Waals surface area (Å²) in [7, 11) is 0. The van der Waals surface area contributed by atoms with Crippen molar-refractivity contribution < 1.29 is 14.7 Å². The van der Waals surface area contributed by atoms with Crippen LogP contribution in [0, 0.1) is 0 Å². The lowest BCUT2D eigenvalue weighted by Crippen LogP contribution is -2.43. The fourth-order valence-corrected chi connectivity index (χ4v) is 2.01. The Morgan fingerprint density at radius 3 is 2.29 bits per heavy atom. The number of benzene rings is 1. The normalized spacial score (nSPS) is 12.2. The molecule has 1 aromatic carbocycles. The third-order valence-corrected chi connectivity index (χ3v) is 3.04. The van der Waals surface area contributed by atoms with Crippen LogP contribution in [0.15, 0.2) is 30.3 Å². The van der Waals surface area contributed by atoms with Gasteiger partial charge < -0.3 is 10.4 Å². The van der Waals surface area contributed by atoms with E-state index < -0.39 is 15.9 Å². The Bertz CT molecular complexity index is 395. The number of carboxylic acid groups (broad SMARTS) is 1. The van der Waals surface area contributed by atoms with Gasteiger partial charge in [-0.25, -0.2) is 4.79 Å². The number of amides is 1. The van der Waals surface area contributed by atoms with Gasteiger partial charge in [0.2, 0.25) is 0 Å². The minimum absolute atomic E-state index is 0.253. The van der Waals surface area contributed by atoms with Gasteiger partial charge in [-0.15, -0.1) is 0 Å². The number of rotatable bonds is 5. The highest BCUT2D eigenvalue weighted by molar-refractivity contribution is 9.25. The molecule has 4 nitrogen and oxygen atoms in total. The average molecular weight is 365 g/mol. The Kier molecular flexibility index (Phi) is 5.64. The number of hydrogen-bond donors (Lipinski definition) is 2. The van der Waals surface area contributed by atoms with Crippen molar-refractivity contribution in [2.24, 2.45) is 0 Å². The summed E-state index contributed by atoms with van der Waals surface area (Å²) in [5.41, 5.74) is 0.903. The standard InChI is InChI=1S/C11H11Br2NO3/c12-10(13)9(15)8(14-11(16)17)6-7-4-2-1-3-5-7/h1-5,8,10,14H,6H2,(H,16,17)/t8-/m1/s1. The van der Waals surface area contributed by atoms with Crippen molar-refractivity contribution in [2.45, 2.75) is 16.2 Å². The molecule has 0 fully saturated rings. The Morgan fingerprint density at radius 1 is 1.24 bits per heavy atom. The maximum Gasteiger partial charge on any atom is 0.405 e. The van der Waals surface area contributed by atoms with Crippen molar-refractivity contribution in [3.63, 3.8) is 0 Å². The fourth-order valence-electron chi connectivity index (χ4n) is 1.37. The van der Waals surface area contributed by atoms with Crippen LogP contribution in [0.2, 0.25) is 0 Å². The number of Topliss-reactive ketones (excluding diaryl/α,β-unsaturated/α-hetero) is 1. The van der Waals surface area contributed by atoms with Gasteiger partial charge in [0.1, 0.15) is 3.74 Å². The van der Waals surface area contributed by atoms with Gasteiger partial charge in [-0.05, 0) is 12.0 Å². The molecular weight excluding hydrogens is 354 g/mol. The molecule has 0 unspecified atom stereocenters. The Labute approximate surface area is 116 Å². The molecule has 0 spiro atoms. The van der Waals surface area contributed by atoms with E-state index in [1.54, 1.807) is 0 Å². The van der Waals surface area contributed by atoms with E-state index in [-0.39, 0.29) is 5.78 Å². The van der Waals surface area contributed by atoms with Gasteiger partial charge in [0.05, 0.1) is 6.04 Å². The lowest BCUT2D eigenvalue weighted by atomic mass is 10.0. The third-order valence-electron chi connectivity index (χ3n) is 2.14. The predicted octanol–water partition coefficient (Wildman–Crippen LogP) is 2.55. The van der Waals surface area contributed by atoms with Crippen LogP contribution in [0.1, 0.15) is 5.56 Å². The molecule has 0 saturated carbocycles. The number of hydrogen-bond acceptors (Lipinski definition) is 2. The number of alkyl halides is 2. The summed E-state index contributed by atoms with van der Waals surface area (Å²) < 4.78 is -0.560.